The summed E-state index contributed by atoms with van der Waals surface area (Å²) in [5.41, 5.74) is 5.42. The molecule has 0 bridgehead atoms. The van der Waals surface area contributed by atoms with Crippen LogP contribution in [0.5, 0.6) is 5.88 Å². The highest BCUT2D eigenvalue weighted by molar-refractivity contribution is 5.45. The van der Waals surface area contributed by atoms with Crippen LogP contribution in [-0.4, -0.2) is 26.8 Å². The van der Waals surface area contributed by atoms with E-state index in [2.05, 4.69) is 5.10 Å². The number of aryl methyl sites for hydroxylation is 2. The van der Waals surface area contributed by atoms with Crippen LogP contribution >= 0.6 is 0 Å². The molecule has 0 aliphatic heterocycles. The third-order valence-electron chi connectivity index (χ3n) is 1.90. The van der Waals surface area contributed by atoms with Gasteiger partial charge in [-0.2, -0.15) is 5.10 Å². The zero-order valence-electron chi connectivity index (χ0n) is 9.85. The number of hydrogen-bond donors (Lipinski definition) is 1. The minimum absolute atomic E-state index is 0.105. The van der Waals surface area contributed by atoms with Crippen LogP contribution in [0, 0.1) is 17.0 Å². The number of aromatic nitrogens is 2. The summed E-state index contributed by atoms with van der Waals surface area (Å²) in [6.45, 7) is 5.31. The molecule has 16 heavy (non-hydrogen) atoms. The lowest BCUT2D eigenvalue weighted by molar-refractivity contribution is -0.386. The van der Waals surface area contributed by atoms with E-state index in [4.69, 9.17) is 10.5 Å². The Hall–Kier alpha value is -1.63. The maximum Gasteiger partial charge on any atom is 0.353 e. The molecule has 0 fully saturated rings. The summed E-state index contributed by atoms with van der Waals surface area (Å²) in [6.07, 6.45) is 0. The normalized spacial score (nSPS) is 11.6. The fraction of sp³-hybridized carbons (Fsp3) is 0.667. The SMILES string of the molecule is Cc1nn(C)c(OCC(C)(C)N)c1[N+](=O)[O-]. The van der Waals surface area contributed by atoms with Gasteiger partial charge in [-0.25, -0.2) is 4.68 Å². The smallest absolute Gasteiger partial charge is 0.353 e. The molecule has 0 saturated heterocycles. The molecule has 1 aromatic rings. The second-order valence-electron chi connectivity index (χ2n) is 4.40. The van der Waals surface area contributed by atoms with Crippen molar-refractivity contribution >= 4 is 5.69 Å². The largest absolute Gasteiger partial charge is 0.471 e. The second kappa shape index (κ2) is 4.09. The molecule has 0 spiro atoms. The van der Waals surface area contributed by atoms with E-state index in [1.807, 2.05) is 0 Å². The van der Waals surface area contributed by atoms with E-state index in [1.54, 1.807) is 27.8 Å². The Bertz CT molecular complexity index is 406. The molecule has 0 saturated carbocycles. The standard InChI is InChI=1S/C9H16N4O3/c1-6-7(13(14)15)8(12(4)11-6)16-5-9(2,3)10/h5,10H2,1-4H3. The highest BCUT2D eigenvalue weighted by Crippen LogP contribution is 2.29. The fourth-order valence-corrected chi connectivity index (χ4v) is 1.25. The van der Waals surface area contributed by atoms with Gasteiger partial charge in [-0.3, -0.25) is 10.1 Å². The van der Waals surface area contributed by atoms with E-state index >= 15 is 0 Å². The number of ether oxygens (including phenoxy) is 1. The molecule has 1 aromatic heterocycles. The first-order valence-corrected chi connectivity index (χ1v) is 4.82. The Labute approximate surface area is 93.3 Å². The van der Waals surface area contributed by atoms with Crippen molar-refractivity contribution in [3.05, 3.63) is 15.8 Å². The van der Waals surface area contributed by atoms with Crippen molar-refractivity contribution in [2.24, 2.45) is 12.8 Å². The summed E-state index contributed by atoms with van der Waals surface area (Å²) in [5.74, 6) is 0.140. The molecule has 0 aliphatic rings. The summed E-state index contributed by atoms with van der Waals surface area (Å²) in [5, 5.41) is 14.8. The van der Waals surface area contributed by atoms with Gasteiger partial charge in [-0.05, 0) is 20.8 Å². The van der Waals surface area contributed by atoms with Crippen LogP contribution in [0.1, 0.15) is 19.5 Å². The van der Waals surface area contributed by atoms with Crippen LogP contribution in [-0.2, 0) is 7.05 Å². The minimum Gasteiger partial charge on any atom is -0.471 e. The Morgan fingerprint density at radius 3 is 2.62 bits per heavy atom. The van der Waals surface area contributed by atoms with Gasteiger partial charge in [0, 0.05) is 12.6 Å². The number of nitrogens with zero attached hydrogens (tertiary/aromatic N) is 3. The molecule has 1 rings (SSSR count). The van der Waals surface area contributed by atoms with Gasteiger partial charge in [0.25, 0.3) is 5.88 Å². The molecular weight excluding hydrogens is 212 g/mol. The van der Waals surface area contributed by atoms with Gasteiger partial charge in [0.1, 0.15) is 12.3 Å². The van der Waals surface area contributed by atoms with Crippen LogP contribution in [0.3, 0.4) is 0 Å². The maximum atomic E-state index is 10.8. The third kappa shape index (κ3) is 2.69. The molecule has 7 nitrogen and oxygen atoms in total. The predicted octanol–water partition coefficient (Wildman–Crippen LogP) is 0.753. The van der Waals surface area contributed by atoms with Gasteiger partial charge in [0.05, 0.1) is 4.92 Å². The van der Waals surface area contributed by atoms with Crippen molar-refractivity contribution in [3.63, 3.8) is 0 Å². The molecule has 2 N–H and O–H groups in total. The summed E-state index contributed by atoms with van der Waals surface area (Å²) in [6, 6.07) is 0. The number of nitrogens with two attached hydrogens (primary N) is 1. The van der Waals surface area contributed by atoms with Crippen LogP contribution in [0.25, 0.3) is 0 Å². The van der Waals surface area contributed by atoms with Crippen LogP contribution in [0.15, 0.2) is 0 Å². The monoisotopic (exact) mass is 228 g/mol. The molecule has 0 unspecified atom stereocenters. The first-order valence-electron chi connectivity index (χ1n) is 4.82. The van der Waals surface area contributed by atoms with Crippen LogP contribution < -0.4 is 10.5 Å². The van der Waals surface area contributed by atoms with Crippen molar-refractivity contribution in [1.82, 2.24) is 9.78 Å². The average Bonchev–Trinajstić information content (AvgIpc) is 2.35. The summed E-state index contributed by atoms with van der Waals surface area (Å²) >= 11 is 0. The quantitative estimate of drug-likeness (QED) is 0.606. The topological polar surface area (TPSA) is 96.2 Å². The number of rotatable bonds is 4. The lowest BCUT2D eigenvalue weighted by Crippen LogP contribution is -2.39. The number of nitro groups is 1. The second-order valence-corrected chi connectivity index (χ2v) is 4.40. The third-order valence-corrected chi connectivity index (χ3v) is 1.90. The van der Waals surface area contributed by atoms with Gasteiger partial charge >= 0.3 is 5.69 Å². The molecule has 90 valence electrons. The van der Waals surface area contributed by atoms with E-state index in [9.17, 15) is 10.1 Å². The van der Waals surface area contributed by atoms with E-state index in [0.717, 1.165) is 0 Å². The molecule has 7 heteroatoms. The van der Waals surface area contributed by atoms with Crippen molar-refractivity contribution < 1.29 is 9.66 Å². The fourth-order valence-electron chi connectivity index (χ4n) is 1.25. The first kappa shape index (κ1) is 12.4. The average molecular weight is 228 g/mol. The lowest BCUT2D eigenvalue weighted by Gasteiger charge is -2.18. The van der Waals surface area contributed by atoms with Crippen LogP contribution in [0.4, 0.5) is 5.69 Å². The molecular formula is C9H16N4O3. The van der Waals surface area contributed by atoms with E-state index in [0.29, 0.717) is 5.69 Å². The highest BCUT2D eigenvalue weighted by Gasteiger charge is 2.26. The molecule has 1 heterocycles. The maximum absolute atomic E-state index is 10.8. The Morgan fingerprint density at radius 2 is 2.19 bits per heavy atom. The molecule has 0 atom stereocenters. The Kier molecular flexibility index (Phi) is 3.18. The lowest BCUT2D eigenvalue weighted by atomic mass is 10.1. The van der Waals surface area contributed by atoms with Crippen LogP contribution in [0.2, 0.25) is 0 Å². The summed E-state index contributed by atoms with van der Waals surface area (Å²) < 4.78 is 6.69. The van der Waals surface area contributed by atoms with Gasteiger partial charge in [0.2, 0.25) is 0 Å². The molecule has 0 aromatic carbocycles. The van der Waals surface area contributed by atoms with Gasteiger partial charge < -0.3 is 10.5 Å². The van der Waals surface area contributed by atoms with Crippen molar-refractivity contribution in [3.8, 4) is 5.88 Å². The van der Waals surface area contributed by atoms with E-state index < -0.39 is 10.5 Å². The summed E-state index contributed by atoms with van der Waals surface area (Å²) in [7, 11) is 1.60. The highest BCUT2D eigenvalue weighted by atomic mass is 16.6. The molecule has 0 radical (unpaired) electrons. The first-order chi connectivity index (χ1) is 7.22. The molecule has 0 aliphatic carbocycles. The summed E-state index contributed by atoms with van der Waals surface area (Å²) in [4.78, 5) is 10.3. The van der Waals surface area contributed by atoms with Gasteiger partial charge in [-0.15, -0.1) is 0 Å². The van der Waals surface area contributed by atoms with E-state index in [1.165, 1.54) is 4.68 Å². The van der Waals surface area contributed by atoms with Crippen molar-refractivity contribution in [2.45, 2.75) is 26.3 Å². The number of hydrogen-bond acceptors (Lipinski definition) is 5. The molecule has 0 amide bonds. The van der Waals surface area contributed by atoms with E-state index in [-0.39, 0.29) is 18.2 Å². The van der Waals surface area contributed by atoms with Gasteiger partial charge in [-0.1, -0.05) is 0 Å². The van der Waals surface area contributed by atoms with Crippen molar-refractivity contribution in [1.29, 1.82) is 0 Å². The zero-order valence-corrected chi connectivity index (χ0v) is 9.85. The van der Waals surface area contributed by atoms with Gasteiger partial charge in [0.15, 0.2) is 0 Å². The predicted molar refractivity (Wildman–Crippen MR) is 58.4 cm³/mol. The Balaban J connectivity index is 2.99. The zero-order chi connectivity index (χ0) is 12.5. The van der Waals surface area contributed by atoms with Crippen molar-refractivity contribution in [2.75, 3.05) is 6.61 Å². The minimum atomic E-state index is -0.550. The Morgan fingerprint density at radius 1 is 1.62 bits per heavy atom.